The van der Waals surface area contributed by atoms with Gasteiger partial charge in [-0.15, -0.1) is 0 Å². The number of phosphoric ester groups is 1. The molecule has 0 spiro atoms. The highest BCUT2D eigenvalue weighted by Gasteiger charge is 2.31. The molecule has 7 nitrogen and oxygen atoms in total. The molecular formula is C35H60O7P2. The highest BCUT2D eigenvalue weighted by Crippen LogP contribution is 2.57. The molecule has 0 aromatic rings. The van der Waals surface area contributed by atoms with Gasteiger partial charge in [0.2, 0.25) is 0 Å². The normalized spacial score (nSPS) is 15.9. The molecule has 0 saturated heterocycles. The van der Waals surface area contributed by atoms with Gasteiger partial charge < -0.3 is 14.7 Å². The molecule has 1 unspecified atom stereocenters. The van der Waals surface area contributed by atoms with Crippen LogP contribution in [0.15, 0.2) is 81.5 Å². The number of hydrogen-bond acceptors (Lipinski definition) is 4. The van der Waals surface area contributed by atoms with Gasteiger partial charge in [0, 0.05) is 0 Å². The van der Waals surface area contributed by atoms with Crippen molar-refractivity contribution in [2.45, 2.75) is 132 Å². The lowest BCUT2D eigenvalue weighted by atomic mass is 10.0. The Balaban J connectivity index is 4.26. The third-order valence-corrected chi connectivity index (χ3v) is 9.28. The monoisotopic (exact) mass is 654 g/mol. The van der Waals surface area contributed by atoms with Gasteiger partial charge in [0.05, 0.1) is 6.61 Å². The fourth-order valence-electron chi connectivity index (χ4n) is 4.36. The van der Waals surface area contributed by atoms with Crippen molar-refractivity contribution in [3.8, 4) is 0 Å². The second-order valence-corrected chi connectivity index (χ2v) is 15.0. The Morgan fingerprint density at radius 3 is 1.02 bits per heavy atom. The Bertz CT molecular complexity index is 1160. The predicted molar refractivity (Wildman–Crippen MR) is 186 cm³/mol. The average Bonchev–Trinajstić information content (AvgIpc) is 2.87. The van der Waals surface area contributed by atoms with Gasteiger partial charge >= 0.3 is 15.6 Å². The van der Waals surface area contributed by atoms with E-state index in [-0.39, 0.29) is 6.61 Å². The van der Waals surface area contributed by atoms with Crippen LogP contribution in [0.1, 0.15) is 132 Å². The maximum absolute atomic E-state index is 11.4. The van der Waals surface area contributed by atoms with E-state index in [0.29, 0.717) is 0 Å². The topological polar surface area (TPSA) is 113 Å². The minimum Gasteiger partial charge on any atom is -0.302 e. The molecule has 3 N–H and O–H groups in total. The van der Waals surface area contributed by atoms with Crippen molar-refractivity contribution in [3.05, 3.63) is 81.5 Å². The Hall–Kier alpha value is -1.56. The maximum Gasteiger partial charge on any atom is 0.481 e. The van der Waals surface area contributed by atoms with E-state index in [1.165, 1.54) is 33.4 Å². The molecule has 0 aliphatic carbocycles. The van der Waals surface area contributed by atoms with Crippen molar-refractivity contribution in [2.24, 2.45) is 0 Å². The summed E-state index contributed by atoms with van der Waals surface area (Å²) in [5, 5.41) is 0. The quantitative estimate of drug-likeness (QED) is 0.0742. The minimum absolute atomic E-state index is 0.271. The van der Waals surface area contributed by atoms with E-state index < -0.39 is 15.6 Å². The highest BCUT2D eigenvalue weighted by atomic mass is 31.3. The Labute approximate surface area is 268 Å². The molecule has 0 bridgehead atoms. The van der Waals surface area contributed by atoms with Gasteiger partial charge in [-0.3, -0.25) is 4.52 Å². The molecule has 0 amide bonds. The molecule has 1 atom stereocenters. The van der Waals surface area contributed by atoms with Gasteiger partial charge in [-0.2, -0.15) is 4.31 Å². The summed E-state index contributed by atoms with van der Waals surface area (Å²) in [5.41, 5.74) is 9.52. The van der Waals surface area contributed by atoms with Gasteiger partial charge in [-0.25, -0.2) is 9.13 Å². The molecule has 0 aliphatic heterocycles. The lowest BCUT2D eigenvalue weighted by molar-refractivity contribution is 0.191. The number of phosphoric acid groups is 2. The van der Waals surface area contributed by atoms with Crippen molar-refractivity contribution < 1.29 is 32.6 Å². The van der Waals surface area contributed by atoms with Crippen LogP contribution in [0.4, 0.5) is 0 Å². The van der Waals surface area contributed by atoms with Crippen LogP contribution in [0, 0.1) is 0 Å². The molecular weight excluding hydrogens is 594 g/mol. The standard InChI is InChI=1S/C35H60O7P2/c1-29(2)15-9-16-30(3)17-10-18-31(4)19-11-20-32(5)21-12-22-33(6)23-13-24-34(7)25-14-26-35(8)27-28-41-44(39,40)42-43(36,37)38/h15,17,19,21,23,25,27H,9-14,16,18,20,22,24,26,28H2,1-8H3,(H,39,40)(H2,36,37,38). The molecule has 0 heterocycles. The zero-order valence-electron chi connectivity index (χ0n) is 28.6. The third-order valence-electron chi connectivity index (χ3n) is 7.13. The van der Waals surface area contributed by atoms with Crippen molar-refractivity contribution in [3.63, 3.8) is 0 Å². The van der Waals surface area contributed by atoms with Crippen LogP contribution in [0.3, 0.4) is 0 Å². The Morgan fingerprint density at radius 2 is 0.750 bits per heavy atom. The highest BCUT2D eigenvalue weighted by molar-refractivity contribution is 7.60. The van der Waals surface area contributed by atoms with Crippen molar-refractivity contribution in [1.82, 2.24) is 0 Å². The molecule has 0 radical (unpaired) electrons. The van der Waals surface area contributed by atoms with Crippen LogP contribution >= 0.6 is 15.6 Å². The van der Waals surface area contributed by atoms with Gasteiger partial charge in [-0.1, -0.05) is 81.5 Å². The van der Waals surface area contributed by atoms with E-state index >= 15 is 0 Å². The maximum atomic E-state index is 11.4. The molecule has 9 heteroatoms. The van der Waals surface area contributed by atoms with E-state index in [4.69, 9.17) is 9.79 Å². The lowest BCUT2D eigenvalue weighted by Gasteiger charge is -2.11. The summed E-state index contributed by atoms with van der Waals surface area (Å²) in [7, 11) is -9.89. The van der Waals surface area contributed by atoms with Crippen molar-refractivity contribution in [2.75, 3.05) is 6.61 Å². The van der Waals surface area contributed by atoms with Gasteiger partial charge in [0.1, 0.15) is 0 Å². The SMILES string of the molecule is CC(C)=CCCC(C)=CCCC(C)=CCCC(C)=CCCC(C)=CCCC(C)=CCCC(C)=CCOP(=O)(O)OP(=O)(O)O. The van der Waals surface area contributed by atoms with Crippen molar-refractivity contribution >= 4 is 15.6 Å². The first-order chi connectivity index (χ1) is 20.5. The number of allylic oxidation sites excluding steroid dienone is 13. The van der Waals surface area contributed by atoms with Crippen LogP contribution in [0.5, 0.6) is 0 Å². The van der Waals surface area contributed by atoms with Crippen molar-refractivity contribution in [1.29, 1.82) is 0 Å². The van der Waals surface area contributed by atoms with Crippen LogP contribution in [-0.2, 0) is 18.0 Å². The van der Waals surface area contributed by atoms with Gasteiger partial charge in [0.15, 0.2) is 0 Å². The molecule has 44 heavy (non-hydrogen) atoms. The molecule has 0 fully saturated rings. The summed E-state index contributed by atoms with van der Waals surface area (Å²) in [6.45, 7) is 17.0. The fraction of sp³-hybridized carbons (Fsp3) is 0.600. The third kappa shape index (κ3) is 28.0. The summed E-state index contributed by atoms with van der Waals surface area (Å²) in [6, 6.07) is 0. The number of rotatable bonds is 23. The van der Waals surface area contributed by atoms with Crippen LogP contribution < -0.4 is 0 Å². The summed E-state index contributed by atoms with van der Waals surface area (Å²) >= 11 is 0. The summed E-state index contributed by atoms with van der Waals surface area (Å²) in [4.78, 5) is 26.5. The largest absolute Gasteiger partial charge is 0.481 e. The minimum atomic E-state index is -5.10. The van der Waals surface area contributed by atoms with Gasteiger partial charge in [-0.05, 0) is 132 Å². The zero-order valence-corrected chi connectivity index (χ0v) is 30.4. The van der Waals surface area contributed by atoms with Crippen LogP contribution in [-0.4, -0.2) is 21.3 Å². The molecule has 0 saturated carbocycles. The number of hydrogen-bond donors (Lipinski definition) is 3. The first-order valence-corrected chi connectivity index (χ1v) is 18.8. The van der Waals surface area contributed by atoms with Crippen LogP contribution in [0.25, 0.3) is 0 Å². The Kier molecular flexibility index (Phi) is 22.9. The smallest absolute Gasteiger partial charge is 0.302 e. The van der Waals surface area contributed by atoms with E-state index in [1.807, 2.05) is 6.92 Å². The molecule has 0 aromatic carbocycles. The lowest BCUT2D eigenvalue weighted by Crippen LogP contribution is -1.94. The molecule has 252 valence electrons. The summed E-state index contributed by atoms with van der Waals surface area (Å²) in [5.74, 6) is 0. The van der Waals surface area contributed by atoms with E-state index in [1.54, 1.807) is 6.08 Å². The summed E-state index contributed by atoms with van der Waals surface area (Å²) < 4.78 is 30.4. The zero-order chi connectivity index (χ0) is 33.6. The predicted octanol–water partition coefficient (Wildman–Crippen LogP) is 11.5. The molecule has 0 aliphatic rings. The van der Waals surface area contributed by atoms with E-state index in [2.05, 4.69) is 93.8 Å². The molecule has 0 rings (SSSR count). The fourth-order valence-corrected chi connectivity index (χ4v) is 5.89. The van der Waals surface area contributed by atoms with Crippen LogP contribution in [0.2, 0.25) is 0 Å². The van der Waals surface area contributed by atoms with E-state index in [9.17, 15) is 14.0 Å². The van der Waals surface area contributed by atoms with Gasteiger partial charge in [0.25, 0.3) is 0 Å². The second kappa shape index (κ2) is 23.7. The average molecular weight is 655 g/mol. The second-order valence-electron chi connectivity index (χ2n) is 12.2. The van der Waals surface area contributed by atoms with E-state index in [0.717, 1.165) is 82.6 Å². The Morgan fingerprint density at radius 1 is 0.477 bits per heavy atom. The first-order valence-electron chi connectivity index (χ1n) is 15.8. The molecule has 0 aromatic heterocycles. The first kappa shape index (κ1) is 42.4. The summed E-state index contributed by atoms with van der Waals surface area (Å²) in [6.07, 6.45) is 28.2.